The molecule has 0 unspecified atom stereocenters. The summed E-state index contributed by atoms with van der Waals surface area (Å²) >= 11 is 3.28. The molecule has 11 heteroatoms. The highest BCUT2D eigenvalue weighted by atomic mass is 127. The van der Waals surface area contributed by atoms with Gasteiger partial charge in [0.2, 0.25) is 5.91 Å². The third-order valence-corrected chi connectivity index (χ3v) is 8.39. The maximum Gasteiger partial charge on any atom is 0.333 e. The fourth-order valence-electron chi connectivity index (χ4n) is 3.60. The number of nitrogens with zero attached hydrogens (tertiary/aromatic N) is 3. The lowest BCUT2D eigenvalue weighted by molar-refractivity contribution is -0.134. The highest BCUT2D eigenvalue weighted by Gasteiger charge is 2.28. The van der Waals surface area contributed by atoms with E-state index in [-0.39, 0.29) is 22.7 Å². The van der Waals surface area contributed by atoms with Gasteiger partial charge in [0.05, 0.1) is 27.5 Å². The van der Waals surface area contributed by atoms with Crippen molar-refractivity contribution in [3.8, 4) is 5.75 Å². The Balaban J connectivity index is 2.25. The Morgan fingerprint density at radius 2 is 1.88 bits per heavy atom. The molecule has 0 bridgehead atoms. The summed E-state index contributed by atoms with van der Waals surface area (Å²) in [5.74, 6) is -1.42. The smallest absolute Gasteiger partial charge is 0.333 e. The molecule has 2 aromatic heterocycles. The first-order valence-electron chi connectivity index (χ1n) is 10.5. The molecular weight excluding hydrogens is 576 g/mol. The van der Waals surface area contributed by atoms with Gasteiger partial charge in [-0.1, -0.05) is 0 Å². The van der Waals surface area contributed by atoms with Crippen molar-refractivity contribution in [2.75, 3.05) is 14.2 Å². The number of benzene rings is 1. The number of ether oxygens (including phenoxy) is 1. The second-order valence-electron chi connectivity index (χ2n) is 8.21. The Morgan fingerprint density at radius 3 is 2.47 bits per heavy atom. The summed E-state index contributed by atoms with van der Waals surface area (Å²) in [5.41, 5.74) is -0.716. The average Bonchev–Trinajstić information content (AvgIpc) is 3.09. The van der Waals surface area contributed by atoms with Gasteiger partial charge in [0.25, 0.3) is 5.56 Å². The number of aryl methyl sites for hydroxylation is 1. The fourth-order valence-corrected chi connectivity index (χ4v) is 5.52. The summed E-state index contributed by atoms with van der Waals surface area (Å²) < 4.78 is 21.9. The Labute approximate surface area is 213 Å². The summed E-state index contributed by atoms with van der Waals surface area (Å²) in [4.78, 5) is 54.9. The lowest BCUT2D eigenvalue weighted by Gasteiger charge is -2.26. The number of carbonyl (C=O) groups is 2. The van der Waals surface area contributed by atoms with Crippen molar-refractivity contribution in [2.24, 2.45) is 0 Å². The zero-order valence-corrected chi connectivity index (χ0v) is 22.6. The predicted molar refractivity (Wildman–Crippen MR) is 138 cm³/mol. The number of rotatable bonds is 7. The molecule has 0 aliphatic rings. The van der Waals surface area contributed by atoms with Crippen LogP contribution in [0.25, 0.3) is 10.2 Å². The van der Waals surface area contributed by atoms with Gasteiger partial charge in [-0.25, -0.2) is 13.8 Å². The average molecular weight is 601 g/mol. The van der Waals surface area contributed by atoms with Crippen molar-refractivity contribution in [3.63, 3.8) is 0 Å². The topological polar surface area (TPSA) is 90.6 Å². The molecule has 3 rings (SSSR count). The Morgan fingerprint density at radius 1 is 1.24 bits per heavy atom. The molecule has 2 heterocycles. The number of hydrogen-bond donors (Lipinski definition) is 0. The molecule has 0 saturated carbocycles. The summed E-state index contributed by atoms with van der Waals surface area (Å²) in [6.45, 7) is 6.44. The zero-order chi connectivity index (χ0) is 25.5. The van der Waals surface area contributed by atoms with Gasteiger partial charge in [-0.15, -0.1) is 11.3 Å². The molecule has 0 aliphatic carbocycles. The largest absolute Gasteiger partial charge is 0.496 e. The number of Topliss-reactive ketones (excluding diaryl/α,β-unsaturated/α-hetero) is 1. The monoisotopic (exact) mass is 601 g/mol. The van der Waals surface area contributed by atoms with Gasteiger partial charge in [-0.2, -0.15) is 0 Å². The second kappa shape index (κ2) is 9.98. The first kappa shape index (κ1) is 26.1. The van der Waals surface area contributed by atoms with Crippen LogP contribution < -0.4 is 16.0 Å². The number of carbonyl (C=O) groups excluding carboxylic acids is 2. The zero-order valence-electron chi connectivity index (χ0n) is 19.6. The van der Waals surface area contributed by atoms with Crippen molar-refractivity contribution >= 4 is 55.8 Å². The molecule has 0 saturated heterocycles. The van der Waals surface area contributed by atoms with E-state index in [9.17, 15) is 23.6 Å². The van der Waals surface area contributed by atoms with Crippen LogP contribution in [0.3, 0.4) is 0 Å². The number of amides is 1. The fraction of sp³-hybridized carbons (Fsp3) is 0.391. The van der Waals surface area contributed by atoms with Crippen molar-refractivity contribution in [1.29, 1.82) is 0 Å². The van der Waals surface area contributed by atoms with Gasteiger partial charge in [-0.05, 0) is 74.0 Å². The molecule has 1 atom stereocenters. The van der Waals surface area contributed by atoms with E-state index in [0.717, 1.165) is 13.5 Å². The summed E-state index contributed by atoms with van der Waals surface area (Å²) in [5, 5.41) is 0.278. The van der Waals surface area contributed by atoms with Crippen LogP contribution in [0.1, 0.15) is 42.7 Å². The Hall–Kier alpha value is -2.54. The van der Waals surface area contributed by atoms with Crippen LogP contribution >= 0.6 is 33.9 Å². The summed E-state index contributed by atoms with van der Waals surface area (Å²) in [6, 6.07) is 2.33. The quantitative estimate of drug-likeness (QED) is 0.305. The molecule has 8 nitrogen and oxygen atoms in total. The van der Waals surface area contributed by atoms with Gasteiger partial charge in [0.15, 0.2) is 5.78 Å². The van der Waals surface area contributed by atoms with Crippen LogP contribution in [0.4, 0.5) is 4.39 Å². The SMILES string of the molecule is COc1ccc(F)cc1C(=O)Cn1c(=O)n([C@H](C)C(=O)N(C)C(C)C)c(=O)c2c(C)c(I)sc21. The molecule has 0 N–H and O–H groups in total. The number of hydrogen-bond acceptors (Lipinski definition) is 6. The molecule has 3 aromatic rings. The van der Waals surface area contributed by atoms with Gasteiger partial charge in [0, 0.05) is 13.1 Å². The lowest BCUT2D eigenvalue weighted by atomic mass is 10.1. The molecule has 0 radical (unpaired) electrons. The van der Waals surface area contributed by atoms with Gasteiger partial charge >= 0.3 is 5.69 Å². The standard InChI is InChI=1S/C23H25FIN3O5S/c1-11(2)26(5)20(30)13(4)28-21(31)18-12(3)19(25)34-22(18)27(23(28)32)10-16(29)15-9-14(24)7-8-17(15)33-6/h7-9,11,13H,10H2,1-6H3/t13-/m1/s1. The molecular formula is C23H25FIN3O5S. The first-order chi connectivity index (χ1) is 15.9. The maximum absolute atomic E-state index is 13.9. The van der Waals surface area contributed by atoms with Crippen LogP contribution in [0.2, 0.25) is 0 Å². The van der Waals surface area contributed by atoms with Crippen molar-refractivity contribution in [2.45, 2.75) is 46.3 Å². The number of thiophene rings is 1. The van der Waals surface area contributed by atoms with Crippen LogP contribution in [0.5, 0.6) is 5.75 Å². The Bertz CT molecular complexity index is 1410. The number of halogens is 2. The molecule has 1 amide bonds. The highest BCUT2D eigenvalue weighted by Crippen LogP contribution is 2.30. The minimum atomic E-state index is -1.08. The number of fused-ring (bicyclic) bond motifs is 1. The van der Waals surface area contributed by atoms with E-state index in [2.05, 4.69) is 22.6 Å². The van der Waals surface area contributed by atoms with Crippen LogP contribution in [0.15, 0.2) is 27.8 Å². The molecule has 1 aromatic carbocycles. The first-order valence-corrected chi connectivity index (χ1v) is 12.4. The third kappa shape index (κ3) is 4.54. The third-order valence-electron chi connectivity index (χ3n) is 5.82. The van der Waals surface area contributed by atoms with E-state index in [1.807, 2.05) is 13.8 Å². The van der Waals surface area contributed by atoms with Gasteiger partial charge in [0.1, 0.15) is 22.4 Å². The number of likely N-dealkylation sites (N-methyl/N-ethyl adjacent to an activating group) is 1. The van der Waals surface area contributed by atoms with Crippen LogP contribution in [0, 0.1) is 15.6 Å². The Kier molecular flexibility index (Phi) is 7.65. The van der Waals surface area contributed by atoms with Crippen molar-refractivity contribution in [3.05, 3.63) is 58.9 Å². The van der Waals surface area contributed by atoms with E-state index in [1.165, 1.54) is 47.0 Å². The predicted octanol–water partition coefficient (Wildman–Crippen LogP) is 3.60. The molecule has 182 valence electrons. The van der Waals surface area contributed by atoms with E-state index < -0.39 is 41.3 Å². The molecule has 0 aliphatic heterocycles. The van der Waals surface area contributed by atoms with E-state index >= 15 is 0 Å². The number of aromatic nitrogens is 2. The number of methoxy groups -OCH3 is 1. The number of ketones is 1. The van der Waals surface area contributed by atoms with Crippen molar-refractivity contribution in [1.82, 2.24) is 14.0 Å². The lowest BCUT2D eigenvalue weighted by Crippen LogP contribution is -2.48. The molecule has 0 spiro atoms. The molecule has 34 heavy (non-hydrogen) atoms. The van der Waals surface area contributed by atoms with Gasteiger partial charge in [-0.3, -0.25) is 19.0 Å². The van der Waals surface area contributed by atoms with E-state index in [4.69, 9.17) is 4.74 Å². The summed E-state index contributed by atoms with van der Waals surface area (Å²) in [7, 11) is 2.96. The van der Waals surface area contributed by atoms with E-state index in [0.29, 0.717) is 10.4 Å². The van der Waals surface area contributed by atoms with Gasteiger partial charge < -0.3 is 9.64 Å². The summed E-state index contributed by atoms with van der Waals surface area (Å²) in [6.07, 6.45) is 0. The minimum Gasteiger partial charge on any atom is -0.496 e. The normalized spacial score (nSPS) is 12.3. The maximum atomic E-state index is 13.9. The minimum absolute atomic E-state index is 0.0214. The van der Waals surface area contributed by atoms with E-state index in [1.54, 1.807) is 14.0 Å². The van der Waals surface area contributed by atoms with Crippen LogP contribution in [-0.4, -0.2) is 45.9 Å². The molecule has 0 fully saturated rings. The second-order valence-corrected chi connectivity index (χ2v) is 11.0. The van der Waals surface area contributed by atoms with Crippen LogP contribution in [-0.2, 0) is 11.3 Å². The van der Waals surface area contributed by atoms with Crippen molar-refractivity contribution < 1.29 is 18.7 Å². The highest BCUT2D eigenvalue weighted by molar-refractivity contribution is 14.1.